The third-order valence-electron chi connectivity index (χ3n) is 2.14. The first kappa shape index (κ1) is 10.7. The van der Waals surface area contributed by atoms with Gasteiger partial charge in [0.1, 0.15) is 0 Å². The van der Waals surface area contributed by atoms with Crippen molar-refractivity contribution < 1.29 is 0 Å². The summed E-state index contributed by atoms with van der Waals surface area (Å²) in [5, 5.41) is 0. The van der Waals surface area contributed by atoms with E-state index in [-0.39, 0.29) is 5.54 Å². The number of nitrogens with zero attached hydrogens (tertiary/aromatic N) is 1. The van der Waals surface area contributed by atoms with E-state index in [1.54, 1.807) is 0 Å². The van der Waals surface area contributed by atoms with Crippen LogP contribution in [0, 0.1) is 0 Å². The van der Waals surface area contributed by atoms with Gasteiger partial charge in [-0.05, 0) is 27.3 Å². The molecule has 0 aromatic heterocycles. The SMILES string of the molecule is CC.CN1CCC=CC1(C)C. The quantitative estimate of drug-likeness (QED) is 0.486. The molecule has 1 aliphatic heterocycles. The first-order valence-corrected chi connectivity index (χ1v) is 4.52. The molecule has 1 heteroatoms. The van der Waals surface area contributed by atoms with Crippen molar-refractivity contribution in [3.05, 3.63) is 12.2 Å². The molecule has 0 aromatic carbocycles. The van der Waals surface area contributed by atoms with Crippen LogP contribution in [0.1, 0.15) is 34.1 Å². The van der Waals surface area contributed by atoms with Crippen LogP contribution >= 0.6 is 0 Å². The van der Waals surface area contributed by atoms with E-state index >= 15 is 0 Å². The van der Waals surface area contributed by atoms with Crippen LogP contribution < -0.4 is 0 Å². The molecule has 0 saturated carbocycles. The first-order valence-electron chi connectivity index (χ1n) is 4.52. The van der Waals surface area contributed by atoms with Crippen LogP contribution in [0.5, 0.6) is 0 Å². The van der Waals surface area contributed by atoms with Crippen LogP contribution in [0.15, 0.2) is 12.2 Å². The lowest BCUT2D eigenvalue weighted by Gasteiger charge is -2.35. The van der Waals surface area contributed by atoms with Crippen molar-refractivity contribution in [1.29, 1.82) is 0 Å². The zero-order chi connectivity index (χ0) is 8.91. The molecule has 1 aliphatic rings. The van der Waals surface area contributed by atoms with Crippen molar-refractivity contribution in [2.24, 2.45) is 0 Å². The van der Waals surface area contributed by atoms with E-state index in [1.807, 2.05) is 13.8 Å². The van der Waals surface area contributed by atoms with Gasteiger partial charge >= 0.3 is 0 Å². The second-order valence-corrected chi connectivity index (χ2v) is 3.27. The van der Waals surface area contributed by atoms with Crippen molar-refractivity contribution in [3.8, 4) is 0 Å². The molecule has 0 amide bonds. The summed E-state index contributed by atoms with van der Waals surface area (Å²) in [6.45, 7) is 9.68. The van der Waals surface area contributed by atoms with E-state index in [1.165, 1.54) is 13.0 Å². The van der Waals surface area contributed by atoms with Gasteiger partial charge in [-0.1, -0.05) is 26.0 Å². The van der Waals surface area contributed by atoms with Gasteiger partial charge in [-0.15, -0.1) is 0 Å². The Morgan fingerprint density at radius 3 is 2.09 bits per heavy atom. The zero-order valence-electron chi connectivity index (χ0n) is 8.52. The highest BCUT2D eigenvalue weighted by molar-refractivity contribution is 5.05. The molecule has 0 unspecified atom stereocenters. The maximum atomic E-state index is 2.37. The Morgan fingerprint density at radius 1 is 1.27 bits per heavy atom. The standard InChI is InChI=1S/C8H15N.C2H6/c1-8(2)6-4-5-7-9(8)3;1-2/h4,6H,5,7H2,1-3H3;1-2H3. The minimum atomic E-state index is 0.290. The van der Waals surface area contributed by atoms with E-state index in [2.05, 4.69) is 37.9 Å². The fraction of sp³-hybridized carbons (Fsp3) is 0.800. The summed E-state index contributed by atoms with van der Waals surface area (Å²) in [6.07, 6.45) is 5.75. The Hall–Kier alpha value is -0.300. The van der Waals surface area contributed by atoms with E-state index < -0.39 is 0 Å². The van der Waals surface area contributed by atoms with E-state index in [4.69, 9.17) is 0 Å². The number of rotatable bonds is 0. The lowest BCUT2D eigenvalue weighted by molar-refractivity contribution is 0.197. The summed E-state index contributed by atoms with van der Waals surface area (Å²) in [5.41, 5.74) is 0.290. The summed E-state index contributed by atoms with van der Waals surface area (Å²) < 4.78 is 0. The second kappa shape index (κ2) is 4.55. The molecule has 0 saturated heterocycles. The average Bonchev–Trinajstić information content (AvgIpc) is 2.00. The molecule has 0 atom stereocenters. The molecule has 1 nitrogen and oxygen atoms in total. The Morgan fingerprint density at radius 2 is 1.82 bits per heavy atom. The van der Waals surface area contributed by atoms with Crippen molar-refractivity contribution in [2.45, 2.75) is 39.7 Å². The average molecular weight is 155 g/mol. The van der Waals surface area contributed by atoms with Gasteiger partial charge in [0.25, 0.3) is 0 Å². The summed E-state index contributed by atoms with van der Waals surface area (Å²) in [4.78, 5) is 2.37. The second-order valence-electron chi connectivity index (χ2n) is 3.27. The minimum absolute atomic E-state index is 0.290. The lowest BCUT2D eigenvalue weighted by atomic mass is 9.99. The largest absolute Gasteiger partial charge is 0.297 e. The maximum absolute atomic E-state index is 2.37. The Balaban J connectivity index is 0.000000461. The van der Waals surface area contributed by atoms with Crippen molar-refractivity contribution >= 4 is 0 Å². The Labute approximate surface area is 71.1 Å². The van der Waals surface area contributed by atoms with Crippen LogP contribution in [0.3, 0.4) is 0 Å². The molecule has 0 fully saturated rings. The van der Waals surface area contributed by atoms with Gasteiger partial charge < -0.3 is 0 Å². The van der Waals surface area contributed by atoms with Crippen molar-refractivity contribution in [2.75, 3.05) is 13.6 Å². The monoisotopic (exact) mass is 155 g/mol. The molecule has 0 aromatic rings. The topological polar surface area (TPSA) is 3.24 Å². The van der Waals surface area contributed by atoms with Crippen LogP contribution in [0.4, 0.5) is 0 Å². The molecular formula is C10H21N. The smallest absolute Gasteiger partial charge is 0.0332 e. The van der Waals surface area contributed by atoms with E-state index in [0.29, 0.717) is 0 Å². The molecule has 0 aliphatic carbocycles. The van der Waals surface area contributed by atoms with Crippen LogP contribution in [-0.2, 0) is 0 Å². The van der Waals surface area contributed by atoms with Crippen LogP contribution in [-0.4, -0.2) is 24.0 Å². The summed E-state index contributed by atoms with van der Waals surface area (Å²) in [6, 6.07) is 0. The van der Waals surface area contributed by atoms with E-state index in [9.17, 15) is 0 Å². The summed E-state index contributed by atoms with van der Waals surface area (Å²) >= 11 is 0. The predicted molar refractivity (Wildman–Crippen MR) is 51.8 cm³/mol. The molecule has 0 spiro atoms. The first-order chi connectivity index (χ1) is 5.13. The van der Waals surface area contributed by atoms with Gasteiger partial charge in [0.2, 0.25) is 0 Å². The summed E-state index contributed by atoms with van der Waals surface area (Å²) in [5.74, 6) is 0. The Kier molecular flexibility index (Phi) is 4.43. The molecule has 0 bridgehead atoms. The summed E-state index contributed by atoms with van der Waals surface area (Å²) in [7, 11) is 2.17. The van der Waals surface area contributed by atoms with Crippen molar-refractivity contribution in [3.63, 3.8) is 0 Å². The van der Waals surface area contributed by atoms with Gasteiger partial charge in [0.15, 0.2) is 0 Å². The van der Waals surface area contributed by atoms with Gasteiger partial charge in [0, 0.05) is 12.1 Å². The van der Waals surface area contributed by atoms with Gasteiger partial charge in [0.05, 0.1) is 0 Å². The maximum Gasteiger partial charge on any atom is 0.0332 e. The van der Waals surface area contributed by atoms with Gasteiger partial charge in [-0.2, -0.15) is 0 Å². The highest BCUT2D eigenvalue weighted by Crippen LogP contribution is 2.18. The third-order valence-corrected chi connectivity index (χ3v) is 2.14. The highest BCUT2D eigenvalue weighted by Gasteiger charge is 2.21. The van der Waals surface area contributed by atoms with Crippen LogP contribution in [0.2, 0.25) is 0 Å². The molecule has 0 radical (unpaired) electrons. The Bertz CT molecular complexity index is 125. The van der Waals surface area contributed by atoms with Crippen molar-refractivity contribution in [1.82, 2.24) is 4.90 Å². The predicted octanol–water partition coefficient (Wildman–Crippen LogP) is 2.68. The minimum Gasteiger partial charge on any atom is -0.297 e. The molecule has 66 valence electrons. The van der Waals surface area contributed by atoms with Gasteiger partial charge in [-0.25, -0.2) is 0 Å². The van der Waals surface area contributed by atoms with E-state index in [0.717, 1.165) is 0 Å². The fourth-order valence-electron chi connectivity index (χ4n) is 1.06. The zero-order valence-corrected chi connectivity index (χ0v) is 8.52. The molecule has 1 heterocycles. The molecular weight excluding hydrogens is 134 g/mol. The third kappa shape index (κ3) is 3.06. The number of likely N-dealkylation sites (N-methyl/N-ethyl adjacent to an activating group) is 1. The molecule has 0 N–H and O–H groups in total. The lowest BCUT2D eigenvalue weighted by Crippen LogP contribution is -2.41. The van der Waals surface area contributed by atoms with Gasteiger partial charge in [-0.3, -0.25) is 4.90 Å². The fourth-order valence-corrected chi connectivity index (χ4v) is 1.06. The number of hydrogen-bond donors (Lipinski definition) is 0. The highest BCUT2D eigenvalue weighted by atomic mass is 15.2. The van der Waals surface area contributed by atoms with Crippen LogP contribution in [0.25, 0.3) is 0 Å². The molecule has 1 rings (SSSR count). The normalized spacial score (nSPS) is 22.3. The number of hydrogen-bond acceptors (Lipinski definition) is 1. The molecule has 11 heavy (non-hydrogen) atoms.